The van der Waals surface area contributed by atoms with E-state index in [1.165, 1.54) is 6.92 Å². The summed E-state index contributed by atoms with van der Waals surface area (Å²) in [6.07, 6.45) is -2.58. The standard InChI is InChI=1S/C17H15F3N6O2/c1-8-4-3-5-22-10(8)6-23-15(27)13-14(21)26-12(9(2)24-13)16-25-11(7-28-16)17(18,19)20/h3-5,7H,6H2,1-2H3,(H2,21,26)(H,23,27). The van der Waals surface area contributed by atoms with Gasteiger partial charge in [0, 0.05) is 6.20 Å². The lowest BCUT2D eigenvalue weighted by Crippen LogP contribution is -2.26. The minimum absolute atomic E-state index is 0.0786. The lowest BCUT2D eigenvalue weighted by atomic mass is 10.2. The van der Waals surface area contributed by atoms with Crippen molar-refractivity contribution < 1.29 is 22.4 Å². The predicted molar refractivity (Wildman–Crippen MR) is 91.8 cm³/mol. The van der Waals surface area contributed by atoms with Crippen molar-refractivity contribution in [2.45, 2.75) is 26.6 Å². The van der Waals surface area contributed by atoms with Crippen LogP contribution in [0.2, 0.25) is 0 Å². The number of carbonyl (C=O) groups is 1. The van der Waals surface area contributed by atoms with Crippen molar-refractivity contribution in [1.82, 2.24) is 25.3 Å². The Hall–Kier alpha value is -3.50. The Morgan fingerprint density at radius 3 is 2.64 bits per heavy atom. The van der Waals surface area contributed by atoms with E-state index >= 15 is 0 Å². The topological polar surface area (TPSA) is 120 Å². The summed E-state index contributed by atoms with van der Waals surface area (Å²) in [4.78, 5) is 27.9. The molecule has 3 aromatic heterocycles. The molecule has 0 spiro atoms. The number of anilines is 1. The Labute approximate surface area is 157 Å². The first kappa shape index (κ1) is 19.3. The average Bonchev–Trinajstić information content (AvgIpc) is 3.12. The molecule has 8 nitrogen and oxygen atoms in total. The van der Waals surface area contributed by atoms with E-state index in [9.17, 15) is 18.0 Å². The van der Waals surface area contributed by atoms with Crippen LogP contribution in [-0.2, 0) is 12.7 Å². The number of rotatable bonds is 4. The normalized spacial score (nSPS) is 11.5. The van der Waals surface area contributed by atoms with Gasteiger partial charge in [-0.15, -0.1) is 0 Å². The first-order valence-corrected chi connectivity index (χ1v) is 8.02. The highest BCUT2D eigenvalue weighted by atomic mass is 19.4. The van der Waals surface area contributed by atoms with Gasteiger partial charge in [0.25, 0.3) is 5.91 Å². The van der Waals surface area contributed by atoms with E-state index in [-0.39, 0.29) is 35.3 Å². The Kier molecular flexibility index (Phi) is 4.99. The molecular weight excluding hydrogens is 377 g/mol. The van der Waals surface area contributed by atoms with Gasteiger partial charge in [0.15, 0.2) is 17.2 Å². The van der Waals surface area contributed by atoms with Gasteiger partial charge in [0.05, 0.1) is 17.9 Å². The van der Waals surface area contributed by atoms with Gasteiger partial charge >= 0.3 is 6.18 Å². The summed E-state index contributed by atoms with van der Waals surface area (Å²) in [6.45, 7) is 3.47. The molecule has 0 unspecified atom stereocenters. The number of hydrogen-bond donors (Lipinski definition) is 2. The van der Waals surface area contributed by atoms with Crippen molar-refractivity contribution in [2.24, 2.45) is 0 Å². The molecule has 0 aromatic carbocycles. The summed E-state index contributed by atoms with van der Waals surface area (Å²) in [6, 6.07) is 3.63. The molecule has 0 aliphatic carbocycles. The third kappa shape index (κ3) is 3.92. The highest BCUT2D eigenvalue weighted by molar-refractivity contribution is 5.96. The summed E-state index contributed by atoms with van der Waals surface area (Å²) >= 11 is 0. The number of aryl methyl sites for hydroxylation is 2. The first-order valence-electron chi connectivity index (χ1n) is 8.02. The van der Waals surface area contributed by atoms with Gasteiger partial charge in [-0.1, -0.05) is 6.07 Å². The number of alkyl halides is 3. The number of halogens is 3. The van der Waals surface area contributed by atoms with Crippen molar-refractivity contribution in [3.63, 3.8) is 0 Å². The number of nitrogens with zero attached hydrogens (tertiary/aromatic N) is 4. The summed E-state index contributed by atoms with van der Waals surface area (Å²) in [7, 11) is 0. The van der Waals surface area contributed by atoms with Gasteiger partial charge < -0.3 is 15.5 Å². The minimum Gasteiger partial charge on any atom is -0.443 e. The van der Waals surface area contributed by atoms with Gasteiger partial charge in [-0.25, -0.2) is 15.0 Å². The monoisotopic (exact) mass is 392 g/mol. The number of hydrogen-bond acceptors (Lipinski definition) is 7. The average molecular weight is 392 g/mol. The lowest BCUT2D eigenvalue weighted by Gasteiger charge is -2.09. The number of amides is 1. The molecule has 0 saturated heterocycles. The third-order valence-electron chi connectivity index (χ3n) is 3.84. The number of aromatic nitrogens is 4. The van der Waals surface area contributed by atoms with Gasteiger partial charge in [0.1, 0.15) is 12.0 Å². The fourth-order valence-electron chi connectivity index (χ4n) is 2.37. The van der Waals surface area contributed by atoms with Crippen LogP contribution >= 0.6 is 0 Å². The van der Waals surface area contributed by atoms with Crippen LogP contribution in [0.5, 0.6) is 0 Å². The number of nitrogens with two attached hydrogens (primary N) is 1. The molecule has 28 heavy (non-hydrogen) atoms. The highest BCUT2D eigenvalue weighted by Gasteiger charge is 2.35. The molecule has 0 radical (unpaired) electrons. The highest BCUT2D eigenvalue weighted by Crippen LogP contribution is 2.31. The van der Waals surface area contributed by atoms with Crippen molar-refractivity contribution >= 4 is 11.7 Å². The van der Waals surface area contributed by atoms with E-state index < -0.39 is 17.8 Å². The molecule has 0 saturated carbocycles. The van der Waals surface area contributed by atoms with Crippen molar-refractivity contribution in [2.75, 3.05) is 5.73 Å². The van der Waals surface area contributed by atoms with Gasteiger partial charge in [-0.2, -0.15) is 13.2 Å². The largest absolute Gasteiger partial charge is 0.443 e. The van der Waals surface area contributed by atoms with Crippen LogP contribution in [0.15, 0.2) is 29.0 Å². The lowest BCUT2D eigenvalue weighted by molar-refractivity contribution is -0.141. The Morgan fingerprint density at radius 1 is 1.25 bits per heavy atom. The number of carbonyl (C=O) groups excluding carboxylic acids is 1. The van der Waals surface area contributed by atoms with E-state index in [0.29, 0.717) is 12.0 Å². The predicted octanol–water partition coefficient (Wildman–Crippen LogP) is 2.67. The van der Waals surface area contributed by atoms with E-state index in [1.807, 2.05) is 13.0 Å². The molecule has 146 valence electrons. The summed E-state index contributed by atoms with van der Waals surface area (Å²) in [5.74, 6) is -1.24. The molecule has 0 fully saturated rings. The number of nitrogens with one attached hydrogen (secondary N) is 1. The van der Waals surface area contributed by atoms with Gasteiger partial charge in [0.2, 0.25) is 5.89 Å². The zero-order valence-electron chi connectivity index (χ0n) is 14.8. The molecule has 0 bridgehead atoms. The zero-order chi connectivity index (χ0) is 20.5. The first-order chi connectivity index (χ1) is 13.2. The van der Waals surface area contributed by atoms with E-state index in [0.717, 1.165) is 5.56 Å². The van der Waals surface area contributed by atoms with Crippen molar-refractivity contribution in [1.29, 1.82) is 0 Å². The van der Waals surface area contributed by atoms with E-state index in [4.69, 9.17) is 10.2 Å². The Balaban J connectivity index is 1.82. The fraction of sp³-hybridized carbons (Fsp3) is 0.235. The molecule has 1 amide bonds. The van der Waals surface area contributed by atoms with Crippen LogP contribution in [0.1, 0.15) is 33.1 Å². The second-order valence-corrected chi connectivity index (χ2v) is 5.88. The van der Waals surface area contributed by atoms with Crippen LogP contribution < -0.4 is 11.1 Å². The second-order valence-electron chi connectivity index (χ2n) is 5.88. The van der Waals surface area contributed by atoms with Gasteiger partial charge in [-0.05, 0) is 25.5 Å². The molecule has 3 N–H and O–H groups in total. The maximum Gasteiger partial charge on any atom is 0.436 e. The Morgan fingerprint density at radius 2 is 2.00 bits per heavy atom. The summed E-state index contributed by atoms with van der Waals surface area (Å²) in [5.41, 5.74) is 6.06. The third-order valence-corrected chi connectivity index (χ3v) is 3.84. The quantitative estimate of drug-likeness (QED) is 0.700. The van der Waals surface area contributed by atoms with Crippen LogP contribution in [0.4, 0.5) is 19.0 Å². The molecule has 3 heterocycles. The summed E-state index contributed by atoms with van der Waals surface area (Å²) < 4.78 is 42.9. The minimum atomic E-state index is -4.65. The number of pyridine rings is 1. The SMILES string of the molecule is Cc1cccnc1CNC(=O)c1nc(C)c(-c2nc(C(F)(F)F)co2)nc1N. The van der Waals surface area contributed by atoms with Crippen LogP contribution in [0, 0.1) is 13.8 Å². The Bertz CT molecular complexity index is 1030. The van der Waals surface area contributed by atoms with E-state index in [1.54, 1.807) is 12.3 Å². The van der Waals surface area contributed by atoms with Crippen LogP contribution in [0.3, 0.4) is 0 Å². The maximum atomic E-state index is 12.7. The number of nitrogen functional groups attached to an aromatic ring is 1. The molecule has 3 aromatic rings. The maximum absolute atomic E-state index is 12.7. The van der Waals surface area contributed by atoms with Crippen molar-refractivity contribution in [3.05, 3.63) is 52.9 Å². The van der Waals surface area contributed by atoms with Gasteiger partial charge in [-0.3, -0.25) is 9.78 Å². The molecule has 3 rings (SSSR count). The summed E-state index contributed by atoms with van der Waals surface area (Å²) in [5, 5.41) is 2.64. The second kappa shape index (κ2) is 7.25. The molecule has 0 aliphatic heterocycles. The fourth-order valence-corrected chi connectivity index (χ4v) is 2.37. The zero-order valence-corrected chi connectivity index (χ0v) is 14.8. The number of oxazole rings is 1. The molecule has 0 atom stereocenters. The molecule has 11 heteroatoms. The van der Waals surface area contributed by atoms with Crippen LogP contribution in [0.25, 0.3) is 11.6 Å². The smallest absolute Gasteiger partial charge is 0.436 e. The van der Waals surface area contributed by atoms with Crippen LogP contribution in [-0.4, -0.2) is 25.8 Å². The van der Waals surface area contributed by atoms with E-state index in [2.05, 4.69) is 25.3 Å². The van der Waals surface area contributed by atoms with Crippen molar-refractivity contribution in [3.8, 4) is 11.6 Å². The molecular formula is C17H15F3N6O2. The molecule has 0 aliphatic rings.